The fourth-order valence-electron chi connectivity index (χ4n) is 2.93. The average Bonchev–Trinajstić information content (AvgIpc) is 3.39. The van der Waals surface area contributed by atoms with Crippen LogP contribution in [0.1, 0.15) is 5.56 Å². The monoisotopic (exact) mass is 447 g/mol. The van der Waals surface area contributed by atoms with Gasteiger partial charge in [0.15, 0.2) is 0 Å². The number of halogens is 1. The minimum absolute atomic E-state index is 0.398. The van der Waals surface area contributed by atoms with Crippen LogP contribution in [0.2, 0.25) is 0 Å². The number of pyridine rings is 2. The van der Waals surface area contributed by atoms with Gasteiger partial charge in [-0.25, -0.2) is 9.97 Å². The highest BCUT2D eigenvalue weighted by molar-refractivity contribution is 9.10. The molecule has 7 nitrogen and oxygen atoms in total. The molecular formula is C21H14BrN5O2. The van der Waals surface area contributed by atoms with E-state index in [1.165, 1.54) is 0 Å². The second kappa shape index (κ2) is 7.14. The first kappa shape index (κ1) is 17.6. The van der Waals surface area contributed by atoms with Gasteiger partial charge in [0.1, 0.15) is 11.4 Å². The SMILES string of the molecule is Cc1ccc(Oc2ncccc2-c2noc(-c3ccc4nccn4c3)n2)c(Br)c1. The minimum atomic E-state index is 0.398. The van der Waals surface area contributed by atoms with E-state index in [4.69, 9.17) is 9.26 Å². The average molecular weight is 448 g/mol. The lowest BCUT2D eigenvalue weighted by atomic mass is 10.2. The quantitative estimate of drug-likeness (QED) is 0.371. The molecule has 0 spiro atoms. The maximum atomic E-state index is 6.02. The van der Waals surface area contributed by atoms with Crippen molar-refractivity contribution in [1.82, 2.24) is 24.5 Å². The number of fused-ring (bicyclic) bond motifs is 1. The van der Waals surface area contributed by atoms with Gasteiger partial charge in [-0.15, -0.1) is 0 Å². The van der Waals surface area contributed by atoms with Gasteiger partial charge in [-0.1, -0.05) is 11.2 Å². The number of hydrogen-bond donors (Lipinski definition) is 0. The Balaban J connectivity index is 1.50. The fraction of sp³-hybridized carbons (Fsp3) is 0.0476. The van der Waals surface area contributed by atoms with Crippen LogP contribution < -0.4 is 4.74 Å². The van der Waals surface area contributed by atoms with Crippen LogP contribution in [0.5, 0.6) is 11.6 Å². The molecule has 4 aromatic heterocycles. The van der Waals surface area contributed by atoms with E-state index in [0.717, 1.165) is 21.2 Å². The molecule has 0 fully saturated rings. The fourth-order valence-corrected chi connectivity index (χ4v) is 3.51. The smallest absolute Gasteiger partial charge is 0.259 e. The van der Waals surface area contributed by atoms with E-state index in [-0.39, 0.29) is 0 Å². The molecule has 0 aliphatic heterocycles. The van der Waals surface area contributed by atoms with Crippen LogP contribution in [-0.4, -0.2) is 24.5 Å². The first-order valence-corrected chi connectivity index (χ1v) is 9.63. The van der Waals surface area contributed by atoms with Crippen LogP contribution in [0.25, 0.3) is 28.5 Å². The summed E-state index contributed by atoms with van der Waals surface area (Å²) in [6.07, 6.45) is 7.15. The highest BCUT2D eigenvalue weighted by Gasteiger charge is 2.17. The highest BCUT2D eigenvalue weighted by Crippen LogP contribution is 2.34. The van der Waals surface area contributed by atoms with Crippen molar-refractivity contribution >= 4 is 21.6 Å². The molecule has 5 aromatic rings. The van der Waals surface area contributed by atoms with Crippen molar-refractivity contribution in [2.75, 3.05) is 0 Å². The van der Waals surface area contributed by atoms with Crippen molar-refractivity contribution in [2.24, 2.45) is 0 Å². The van der Waals surface area contributed by atoms with E-state index in [0.29, 0.717) is 28.9 Å². The molecule has 0 saturated heterocycles. The largest absolute Gasteiger partial charge is 0.437 e. The topological polar surface area (TPSA) is 78.3 Å². The Morgan fingerprint density at radius 3 is 2.90 bits per heavy atom. The Morgan fingerprint density at radius 1 is 1.07 bits per heavy atom. The lowest BCUT2D eigenvalue weighted by Gasteiger charge is -2.09. The van der Waals surface area contributed by atoms with E-state index < -0.39 is 0 Å². The molecule has 4 heterocycles. The summed E-state index contributed by atoms with van der Waals surface area (Å²) >= 11 is 3.53. The summed E-state index contributed by atoms with van der Waals surface area (Å²) in [5.41, 5.74) is 3.41. The Morgan fingerprint density at radius 2 is 2.00 bits per heavy atom. The lowest BCUT2D eigenvalue weighted by Crippen LogP contribution is -1.93. The first-order chi connectivity index (χ1) is 14.2. The number of imidazole rings is 1. The maximum Gasteiger partial charge on any atom is 0.259 e. The van der Waals surface area contributed by atoms with Crippen molar-refractivity contribution in [3.05, 3.63) is 77.3 Å². The molecule has 0 unspecified atom stereocenters. The number of nitrogens with zero attached hydrogens (tertiary/aromatic N) is 5. The van der Waals surface area contributed by atoms with Crippen molar-refractivity contribution < 1.29 is 9.26 Å². The minimum Gasteiger partial charge on any atom is -0.437 e. The predicted octanol–water partition coefficient (Wildman–Crippen LogP) is 5.31. The van der Waals surface area contributed by atoms with Gasteiger partial charge in [-0.05, 0) is 64.8 Å². The van der Waals surface area contributed by atoms with E-state index in [1.807, 2.05) is 60.1 Å². The number of aryl methyl sites for hydroxylation is 1. The Hall–Kier alpha value is -3.52. The molecule has 0 amide bonds. The summed E-state index contributed by atoms with van der Waals surface area (Å²) in [7, 11) is 0. The number of hydrogen-bond acceptors (Lipinski definition) is 6. The van der Waals surface area contributed by atoms with Gasteiger partial charge in [-0.2, -0.15) is 4.98 Å². The highest BCUT2D eigenvalue weighted by atomic mass is 79.9. The molecule has 0 atom stereocenters. The van der Waals surface area contributed by atoms with Crippen molar-refractivity contribution in [3.63, 3.8) is 0 Å². The van der Waals surface area contributed by atoms with Crippen LogP contribution >= 0.6 is 15.9 Å². The van der Waals surface area contributed by atoms with Crippen LogP contribution in [0, 0.1) is 6.92 Å². The Bertz CT molecular complexity index is 1330. The molecule has 0 aliphatic rings. The molecular weight excluding hydrogens is 434 g/mol. The number of aromatic nitrogens is 5. The standard InChI is InChI=1S/C21H14BrN5O2/c1-13-4-6-17(16(22)11-13)28-21-15(3-2-8-24-21)19-25-20(29-26-19)14-5-7-18-23-9-10-27(18)12-14/h2-12H,1H3. The van der Waals surface area contributed by atoms with Gasteiger partial charge in [-0.3, -0.25) is 0 Å². The van der Waals surface area contributed by atoms with E-state index in [2.05, 4.69) is 36.0 Å². The first-order valence-electron chi connectivity index (χ1n) is 8.83. The molecule has 0 bridgehead atoms. The van der Waals surface area contributed by atoms with Gasteiger partial charge in [0.05, 0.1) is 15.6 Å². The summed E-state index contributed by atoms with van der Waals surface area (Å²) in [6.45, 7) is 2.02. The van der Waals surface area contributed by atoms with E-state index >= 15 is 0 Å². The van der Waals surface area contributed by atoms with E-state index in [9.17, 15) is 0 Å². The normalized spacial score (nSPS) is 11.1. The number of ether oxygens (including phenoxy) is 1. The zero-order valence-electron chi connectivity index (χ0n) is 15.3. The van der Waals surface area contributed by atoms with Crippen LogP contribution in [0.4, 0.5) is 0 Å². The second-order valence-electron chi connectivity index (χ2n) is 6.43. The van der Waals surface area contributed by atoms with Crippen LogP contribution in [0.3, 0.4) is 0 Å². The predicted molar refractivity (Wildman–Crippen MR) is 111 cm³/mol. The van der Waals surface area contributed by atoms with Crippen molar-refractivity contribution in [1.29, 1.82) is 0 Å². The molecule has 0 aliphatic carbocycles. The molecule has 0 radical (unpaired) electrons. The van der Waals surface area contributed by atoms with Gasteiger partial charge >= 0.3 is 0 Å². The third-order valence-corrected chi connectivity index (χ3v) is 4.99. The summed E-state index contributed by atoms with van der Waals surface area (Å²) in [6, 6.07) is 13.3. The number of benzene rings is 1. The van der Waals surface area contributed by atoms with Crippen molar-refractivity contribution in [2.45, 2.75) is 6.92 Å². The van der Waals surface area contributed by atoms with Gasteiger partial charge < -0.3 is 13.7 Å². The molecule has 142 valence electrons. The molecule has 0 saturated carbocycles. The summed E-state index contributed by atoms with van der Waals surface area (Å²) in [4.78, 5) is 13.1. The molecule has 0 N–H and O–H groups in total. The molecule has 8 heteroatoms. The molecule has 29 heavy (non-hydrogen) atoms. The van der Waals surface area contributed by atoms with Crippen LogP contribution in [0.15, 0.2) is 76.2 Å². The third-order valence-electron chi connectivity index (χ3n) is 4.37. The summed E-state index contributed by atoms with van der Waals surface area (Å²) < 4.78 is 14.2. The van der Waals surface area contributed by atoms with Crippen LogP contribution in [-0.2, 0) is 0 Å². The molecule has 1 aromatic carbocycles. The third kappa shape index (κ3) is 3.38. The summed E-state index contributed by atoms with van der Waals surface area (Å²) in [5.74, 6) is 1.86. The van der Waals surface area contributed by atoms with Gasteiger partial charge in [0.2, 0.25) is 11.7 Å². The van der Waals surface area contributed by atoms with Gasteiger partial charge in [0.25, 0.3) is 5.89 Å². The second-order valence-corrected chi connectivity index (χ2v) is 7.28. The lowest BCUT2D eigenvalue weighted by molar-refractivity contribution is 0.430. The molecule has 5 rings (SSSR count). The van der Waals surface area contributed by atoms with Crippen molar-refractivity contribution in [3.8, 4) is 34.5 Å². The Kier molecular flexibility index (Phi) is 4.33. The Labute approximate surface area is 174 Å². The summed E-state index contributed by atoms with van der Waals surface area (Å²) in [5, 5.41) is 4.13. The number of rotatable bonds is 4. The van der Waals surface area contributed by atoms with E-state index in [1.54, 1.807) is 18.5 Å². The van der Waals surface area contributed by atoms with Gasteiger partial charge in [0, 0.05) is 24.8 Å². The maximum absolute atomic E-state index is 6.02. The zero-order valence-corrected chi connectivity index (χ0v) is 16.9. The zero-order chi connectivity index (χ0) is 19.8.